The fourth-order valence-corrected chi connectivity index (χ4v) is 4.57. The Bertz CT molecular complexity index is 1070. The van der Waals surface area contributed by atoms with Crippen LogP contribution in [0.1, 0.15) is 17.0 Å². The number of aromatic nitrogens is 3. The molecule has 1 aliphatic rings. The number of oxazole rings is 1. The Morgan fingerprint density at radius 1 is 1.23 bits per heavy atom. The molecule has 9 heteroatoms. The zero-order valence-electron chi connectivity index (χ0n) is 14.3. The van der Waals surface area contributed by atoms with Gasteiger partial charge in [0.25, 0.3) is 0 Å². The highest BCUT2D eigenvalue weighted by atomic mass is 32.2. The molecular formula is C17H17FN4O3S. The van der Waals surface area contributed by atoms with Crippen molar-refractivity contribution in [2.75, 3.05) is 6.54 Å². The van der Waals surface area contributed by atoms with Crippen molar-refractivity contribution >= 4 is 10.0 Å². The van der Waals surface area contributed by atoms with Gasteiger partial charge in [-0.05, 0) is 31.2 Å². The fourth-order valence-electron chi connectivity index (χ4n) is 3.16. The topological polar surface area (TPSA) is 81.2 Å². The lowest BCUT2D eigenvalue weighted by Gasteiger charge is -2.26. The lowest BCUT2D eigenvalue weighted by atomic mass is 10.1. The molecule has 2 aromatic heterocycles. The van der Waals surface area contributed by atoms with E-state index in [1.165, 1.54) is 16.4 Å². The molecule has 0 bridgehead atoms. The summed E-state index contributed by atoms with van der Waals surface area (Å²) in [7, 11) is -1.91. The van der Waals surface area contributed by atoms with Crippen LogP contribution in [0, 0.1) is 12.7 Å². The number of aryl methyl sites for hydroxylation is 2. The van der Waals surface area contributed by atoms with E-state index in [2.05, 4.69) is 10.1 Å². The number of fused-ring (bicyclic) bond motifs is 1. The highest BCUT2D eigenvalue weighted by molar-refractivity contribution is 7.89. The normalized spacial score (nSPS) is 15.2. The molecule has 1 aromatic carbocycles. The van der Waals surface area contributed by atoms with Crippen molar-refractivity contribution in [2.24, 2.45) is 7.05 Å². The van der Waals surface area contributed by atoms with Gasteiger partial charge in [-0.15, -0.1) is 0 Å². The van der Waals surface area contributed by atoms with Crippen molar-refractivity contribution in [1.82, 2.24) is 19.1 Å². The second-order valence-electron chi connectivity index (χ2n) is 6.22. The van der Waals surface area contributed by atoms with Gasteiger partial charge in [-0.1, -0.05) is 0 Å². The van der Waals surface area contributed by atoms with Gasteiger partial charge < -0.3 is 4.42 Å². The third kappa shape index (κ3) is 2.73. The van der Waals surface area contributed by atoms with E-state index >= 15 is 0 Å². The summed E-state index contributed by atoms with van der Waals surface area (Å²) in [6.45, 7) is 2.28. The molecule has 0 fully saturated rings. The van der Waals surface area contributed by atoms with Crippen molar-refractivity contribution in [3.8, 4) is 11.6 Å². The maximum atomic E-state index is 13.1. The number of hydrogen-bond acceptors (Lipinski definition) is 5. The van der Waals surface area contributed by atoms with Crippen LogP contribution in [0.2, 0.25) is 0 Å². The summed E-state index contributed by atoms with van der Waals surface area (Å²) >= 11 is 0. The lowest BCUT2D eigenvalue weighted by molar-refractivity contribution is 0.386. The van der Waals surface area contributed by atoms with Crippen LogP contribution in [0.25, 0.3) is 11.6 Å². The molecule has 136 valence electrons. The van der Waals surface area contributed by atoms with E-state index in [0.29, 0.717) is 30.3 Å². The van der Waals surface area contributed by atoms with Gasteiger partial charge in [-0.25, -0.2) is 17.8 Å². The van der Waals surface area contributed by atoms with E-state index in [9.17, 15) is 12.8 Å². The standard InChI is InChI=1S/C17H17FN4O3S/c1-11-9-19-17(25-11)16-14-10-22(8-7-15(14)21(2)20-16)26(23,24)13-5-3-12(18)4-6-13/h3-6,9H,7-8,10H2,1-2H3. The van der Waals surface area contributed by atoms with Gasteiger partial charge in [-0.3, -0.25) is 4.68 Å². The molecule has 0 amide bonds. The van der Waals surface area contributed by atoms with Crippen molar-refractivity contribution in [3.63, 3.8) is 0 Å². The summed E-state index contributed by atoms with van der Waals surface area (Å²) in [5, 5.41) is 4.47. The minimum absolute atomic E-state index is 0.0692. The fraction of sp³-hybridized carbons (Fsp3) is 0.294. The first-order chi connectivity index (χ1) is 12.4. The molecule has 1 aliphatic heterocycles. The van der Waals surface area contributed by atoms with Crippen LogP contribution >= 0.6 is 0 Å². The highest BCUT2D eigenvalue weighted by Gasteiger charge is 2.33. The van der Waals surface area contributed by atoms with Crippen LogP contribution in [0.15, 0.2) is 39.8 Å². The SMILES string of the molecule is Cc1cnc(-c2nn(C)c3c2CN(S(=O)(=O)c2ccc(F)cc2)CC3)o1. The summed E-state index contributed by atoms with van der Waals surface area (Å²) in [5.74, 6) is 0.560. The molecule has 0 N–H and O–H groups in total. The van der Waals surface area contributed by atoms with Gasteiger partial charge in [-0.2, -0.15) is 9.40 Å². The molecule has 0 saturated carbocycles. The summed E-state index contributed by atoms with van der Waals surface area (Å²) in [5.41, 5.74) is 2.29. The predicted octanol–water partition coefficient (Wildman–Crippen LogP) is 2.27. The molecule has 0 unspecified atom stereocenters. The lowest BCUT2D eigenvalue weighted by Crippen LogP contribution is -2.36. The Morgan fingerprint density at radius 3 is 2.62 bits per heavy atom. The number of rotatable bonds is 3. The monoisotopic (exact) mass is 376 g/mol. The third-order valence-electron chi connectivity index (χ3n) is 4.48. The van der Waals surface area contributed by atoms with Gasteiger partial charge in [0.05, 0.1) is 11.1 Å². The van der Waals surface area contributed by atoms with E-state index in [0.717, 1.165) is 23.4 Å². The van der Waals surface area contributed by atoms with Crippen molar-refractivity contribution < 1.29 is 17.2 Å². The third-order valence-corrected chi connectivity index (χ3v) is 6.34. The number of halogens is 1. The molecule has 0 saturated heterocycles. The molecular weight excluding hydrogens is 359 g/mol. The molecule has 3 heterocycles. The maximum Gasteiger partial charge on any atom is 0.247 e. The van der Waals surface area contributed by atoms with E-state index in [4.69, 9.17) is 4.42 Å². The summed E-state index contributed by atoms with van der Waals surface area (Å²) in [4.78, 5) is 4.28. The summed E-state index contributed by atoms with van der Waals surface area (Å²) < 4.78 is 47.6. The Morgan fingerprint density at radius 2 is 1.96 bits per heavy atom. The second-order valence-corrected chi connectivity index (χ2v) is 8.15. The molecule has 3 aromatic rings. The largest absolute Gasteiger partial charge is 0.440 e. The number of benzene rings is 1. The summed E-state index contributed by atoms with van der Waals surface area (Å²) in [6, 6.07) is 4.85. The first-order valence-electron chi connectivity index (χ1n) is 8.09. The molecule has 4 rings (SSSR count). The average Bonchev–Trinajstić information content (AvgIpc) is 3.18. The van der Waals surface area contributed by atoms with Gasteiger partial charge in [0.1, 0.15) is 11.6 Å². The predicted molar refractivity (Wildman–Crippen MR) is 91.1 cm³/mol. The van der Waals surface area contributed by atoms with Crippen molar-refractivity contribution in [2.45, 2.75) is 24.8 Å². The molecule has 0 spiro atoms. The first-order valence-corrected chi connectivity index (χ1v) is 9.53. The van der Waals surface area contributed by atoms with Crippen molar-refractivity contribution in [1.29, 1.82) is 0 Å². The van der Waals surface area contributed by atoms with Gasteiger partial charge in [0, 0.05) is 37.8 Å². The quantitative estimate of drug-likeness (QED) is 0.700. The van der Waals surface area contributed by atoms with Gasteiger partial charge in [0.2, 0.25) is 15.9 Å². The first kappa shape index (κ1) is 16.9. The maximum absolute atomic E-state index is 13.1. The Labute approximate surface area is 150 Å². The number of hydrogen-bond donors (Lipinski definition) is 0. The van der Waals surface area contributed by atoms with E-state index < -0.39 is 15.8 Å². The number of sulfonamides is 1. The van der Waals surface area contributed by atoms with Crippen LogP contribution in [-0.4, -0.2) is 34.0 Å². The van der Waals surface area contributed by atoms with Gasteiger partial charge >= 0.3 is 0 Å². The van der Waals surface area contributed by atoms with E-state index in [1.807, 2.05) is 7.05 Å². The molecule has 0 radical (unpaired) electrons. The van der Waals surface area contributed by atoms with Crippen LogP contribution < -0.4 is 0 Å². The Balaban J connectivity index is 1.72. The zero-order valence-corrected chi connectivity index (χ0v) is 15.1. The van der Waals surface area contributed by atoms with Crippen molar-refractivity contribution in [3.05, 3.63) is 53.3 Å². The number of nitrogens with zero attached hydrogens (tertiary/aromatic N) is 4. The molecule has 0 atom stereocenters. The van der Waals surface area contributed by atoms with Crippen LogP contribution in [0.5, 0.6) is 0 Å². The summed E-state index contributed by atoms with van der Waals surface area (Å²) in [6.07, 6.45) is 2.13. The highest BCUT2D eigenvalue weighted by Crippen LogP contribution is 2.31. The van der Waals surface area contributed by atoms with Crippen LogP contribution in [0.3, 0.4) is 0 Å². The van der Waals surface area contributed by atoms with E-state index in [-0.39, 0.29) is 11.4 Å². The van der Waals surface area contributed by atoms with E-state index in [1.54, 1.807) is 17.8 Å². The minimum atomic E-state index is -3.73. The smallest absolute Gasteiger partial charge is 0.247 e. The Hall–Kier alpha value is -2.52. The van der Waals surface area contributed by atoms with Crippen LogP contribution in [-0.2, 0) is 30.0 Å². The minimum Gasteiger partial charge on any atom is -0.440 e. The Kier molecular flexibility index (Phi) is 3.92. The van der Waals surface area contributed by atoms with Crippen LogP contribution in [0.4, 0.5) is 4.39 Å². The zero-order chi connectivity index (χ0) is 18.5. The van der Waals surface area contributed by atoms with Gasteiger partial charge in [0.15, 0.2) is 5.69 Å². The molecule has 0 aliphatic carbocycles. The average molecular weight is 376 g/mol. The molecule has 26 heavy (non-hydrogen) atoms. The molecule has 7 nitrogen and oxygen atoms in total. The second kappa shape index (κ2) is 6.03.